The Morgan fingerprint density at radius 1 is 1.40 bits per heavy atom. The van der Waals surface area contributed by atoms with E-state index in [1.54, 1.807) is 18.2 Å². The SMILES string of the molecule is CCCN1CC[C@H](c2cccc(S(C)(=O)=O)c2)[C@H](O)C1. The predicted octanol–water partition coefficient (Wildman–Crippen LogP) is 1.65. The standard InChI is InChI=1S/C15H23NO3S/c1-3-8-16-9-7-14(15(17)11-16)12-5-4-6-13(10-12)20(2,18)19/h4-6,10,14-15,17H,3,7-9,11H2,1-2H3/t14-,15-/m1/s1. The van der Waals surface area contributed by atoms with E-state index in [4.69, 9.17) is 0 Å². The van der Waals surface area contributed by atoms with E-state index in [2.05, 4.69) is 11.8 Å². The number of β-amino-alcohol motifs (C(OH)–C–C–N with tert-alkyl or cyclic N) is 1. The average molecular weight is 297 g/mol. The van der Waals surface area contributed by atoms with Crippen LogP contribution in [0.15, 0.2) is 29.2 Å². The fraction of sp³-hybridized carbons (Fsp3) is 0.600. The topological polar surface area (TPSA) is 57.6 Å². The highest BCUT2D eigenvalue weighted by atomic mass is 32.2. The van der Waals surface area contributed by atoms with E-state index in [0.29, 0.717) is 11.4 Å². The van der Waals surface area contributed by atoms with Crippen LogP contribution in [0.3, 0.4) is 0 Å². The zero-order valence-corrected chi connectivity index (χ0v) is 12.9. The molecular weight excluding hydrogens is 274 g/mol. The van der Waals surface area contributed by atoms with E-state index in [1.165, 1.54) is 6.26 Å². The normalized spacial score (nSPS) is 24.8. The van der Waals surface area contributed by atoms with Crippen molar-refractivity contribution in [1.82, 2.24) is 4.90 Å². The van der Waals surface area contributed by atoms with Crippen molar-refractivity contribution >= 4 is 9.84 Å². The maximum atomic E-state index is 11.6. The van der Waals surface area contributed by atoms with Gasteiger partial charge in [-0.1, -0.05) is 19.1 Å². The predicted molar refractivity (Wildman–Crippen MR) is 79.6 cm³/mol. The van der Waals surface area contributed by atoms with Crippen molar-refractivity contribution in [2.75, 3.05) is 25.9 Å². The molecule has 5 heteroatoms. The summed E-state index contributed by atoms with van der Waals surface area (Å²) in [5, 5.41) is 10.3. The summed E-state index contributed by atoms with van der Waals surface area (Å²) in [6, 6.07) is 6.99. The summed E-state index contributed by atoms with van der Waals surface area (Å²) in [5.41, 5.74) is 0.927. The second-order valence-electron chi connectivity index (χ2n) is 5.61. The first-order valence-electron chi connectivity index (χ1n) is 7.12. The Bertz CT molecular complexity index is 556. The summed E-state index contributed by atoms with van der Waals surface area (Å²) in [6.07, 6.45) is 2.74. The molecule has 0 aliphatic carbocycles. The molecule has 4 nitrogen and oxygen atoms in total. The highest BCUT2D eigenvalue weighted by Crippen LogP contribution is 2.29. The van der Waals surface area contributed by atoms with Gasteiger partial charge in [0, 0.05) is 18.7 Å². The Morgan fingerprint density at radius 3 is 2.75 bits per heavy atom. The molecule has 112 valence electrons. The van der Waals surface area contributed by atoms with E-state index >= 15 is 0 Å². The molecule has 2 rings (SSSR count). The van der Waals surface area contributed by atoms with Gasteiger partial charge in [0.05, 0.1) is 11.0 Å². The van der Waals surface area contributed by atoms with Crippen LogP contribution in [0.4, 0.5) is 0 Å². The van der Waals surface area contributed by atoms with E-state index in [1.807, 2.05) is 6.07 Å². The van der Waals surface area contributed by atoms with Gasteiger partial charge in [-0.3, -0.25) is 0 Å². The summed E-state index contributed by atoms with van der Waals surface area (Å²) in [7, 11) is -3.19. The van der Waals surface area contributed by atoms with Crippen LogP contribution in [-0.2, 0) is 9.84 Å². The molecule has 1 aliphatic heterocycles. The van der Waals surface area contributed by atoms with Gasteiger partial charge in [0.25, 0.3) is 0 Å². The first kappa shape index (κ1) is 15.5. The molecule has 0 saturated carbocycles. The third-order valence-electron chi connectivity index (χ3n) is 3.92. The van der Waals surface area contributed by atoms with Crippen molar-refractivity contribution in [3.05, 3.63) is 29.8 Å². The highest BCUT2D eigenvalue weighted by molar-refractivity contribution is 7.90. The van der Waals surface area contributed by atoms with Crippen LogP contribution in [0, 0.1) is 0 Å². The van der Waals surface area contributed by atoms with Crippen molar-refractivity contribution in [2.24, 2.45) is 0 Å². The second-order valence-corrected chi connectivity index (χ2v) is 7.62. The van der Waals surface area contributed by atoms with Crippen LogP contribution in [0.25, 0.3) is 0 Å². The van der Waals surface area contributed by atoms with Gasteiger partial charge in [0.1, 0.15) is 0 Å². The first-order valence-corrected chi connectivity index (χ1v) is 9.01. The van der Waals surface area contributed by atoms with Crippen molar-refractivity contribution < 1.29 is 13.5 Å². The summed E-state index contributed by atoms with van der Waals surface area (Å²) in [4.78, 5) is 2.60. The number of hydrogen-bond donors (Lipinski definition) is 1. The fourth-order valence-corrected chi connectivity index (χ4v) is 3.56. The van der Waals surface area contributed by atoms with Crippen LogP contribution >= 0.6 is 0 Å². The van der Waals surface area contributed by atoms with Crippen LogP contribution in [0.1, 0.15) is 31.2 Å². The first-order chi connectivity index (χ1) is 9.41. The molecule has 0 unspecified atom stereocenters. The van der Waals surface area contributed by atoms with Crippen molar-refractivity contribution in [1.29, 1.82) is 0 Å². The molecule has 2 atom stereocenters. The lowest BCUT2D eigenvalue weighted by Crippen LogP contribution is -2.43. The fourth-order valence-electron chi connectivity index (χ4n) is 2.88. The molecule has 1 aromatic carbocycles. The summed E-state index contributed by atoms with van der Waals surface area (Å²) >= 11 is 0. The second kappa shape index (κ2) is 6.24. The van der Waals surface area contributed by atoms with Crippen molar-refractivity contribution in [2.45, 2.75) is 36.7 Å². The van der Waals surface area contributed by atoms with Gasteiger partial charge in [-0.05, 0) is 43.6 Å². The van der Waals surface area contributed by atoms with Gasteiger partial charge in [-0.25, -0.2) is 8.42 Å². The van der Waals surface area contributed by atoms with Gasteiger partial charge in [0.2, 0.25) is 0 Å². The smallest absolute Gasteiger partial charge is 0.175 e. The highest BCUT2D eigenvalue weighted by Gasteiger charge is 2.28. The van der Waals surface area contributed by atoms with Crippen LogP contribution < -0.4 is 0 Å². The summed E-state index contributed by atoms with van der Waals surface area (Å²) in [6.45, 7) is 4.77. The lowest BCUT2D eigenvalue weighted by molar-refractivity contribution is 0.0514. The van der Waals surface area contributed by atoms with Crippen LogP contribution in [0.2, 0.25) is 0 Å². The number of benzene rings is 1. The number of rotatable bonds is 4. The number of aliphatic hydroxyl groups excluding tert-OH is 1. The third kappa shape index (κ3) is 3.59. The van der Waals surface area contributed by atoms with Gasteiger partial charge in [-0.2, -0.15) is 0 Å². The molecule has 0 spiro atoms. The number of piperidine rings is 1. The van der Waals surface area contributed by atoms with Crippen LogP contribution in [0.5, 0.6) is 0 Å². The number of hydrogen-bond acceptors (Lipinski definition) is 4. The molecular formula is C15H23NO3S. The minimum absolute atomic E-state index is 0.0322. The maximum absolute atomic E-state index is 11.6. The van der Waals surface area contributed by atoms with E-state index in [0.717, 1.165) is 31.5 Å². The maximum Gasteiger partial charge on any atom is 0.175 e. The lowest BCUT2D eigenvalue weighted by atomic mass is 9.87. The molecule has 0 radical (unpaired) electrons. The Kier molecular flexibility index (Phi) is 4.83. The minimum atomic E-state index is -3.19. The molecule has 1 aromatic rings. The Morgan fingerprint density at radius 2 is 2.15 bits per heavy atom. The molecule has 0 aromatic heterocycles. The monoisotopic (exact) mass is 297 g/mol. The van der Waals surface area contributed by atoms with E-state index in [9.17, 15) is 13.5 Å². The molecule has 1 heterocycles. The molecule has 0 amide bonds. The van der Waals surface area contributed by atoms with Gasteiger partial charge < -0.3 is 10.0 Å². The quantitative estimate of drug-likeness (QED) is 0.918. The Balaban J connectivity index is 2.17. The number of aliphatic hydroxyl groups is 1. The number of likely N-dealkylation sites (tertiary alicyclic amines) is 1. The van der Waals surface area contributed by atoms with Gasteiger partial charge in [-0.15, -0.1) is 0 Å². The number of nitrogens with zero attached hydrogens (tertiary/aromatic N) is 1. The molecule has 1 aliphatic rings. The molecule has 1 saturated heterocycles. The third-order valence-corrected chi connectivity index (χ3v) is 5.03. The van der Waals surface area contributed by atoms with Crippen LogP contribution in [-0.4, -0.2) is 50.4 Å². The minimum Gasteiger partial charge on any atom is -0.391 e. The Hall–Kier alpha value is -0.910. The van der Waals surface area contributed by atoms with Gasteiger partial charge in [0.15, 0.2) is 9.84 Å². The van der Waals surface area contributed by atoms with E-state index in [-0.39, 0.29) is 5.92 Å². The average Bonchev–Trinajstić information content (AvgIpc) is 2.38. The van der Waals surface area contributed by atoms with Crippen molar-refractivity contribution in [3.63, 3.8) is 0 Å². The zero-order valence-electron chi connectivity index (χ0n) is 12.1. The Labute approximate surface area is 121 Å². The molecule has 1 N–H and O–H groups in total. The summed E-state index contributed by atoms with van der Waals surface area (Å²) in [5.74, 6) is 0.0322. The molecule has 1 fully saturated rings. The summed E-state index contributed by atoms with van der Waals surface area (Å²) < 4.78 is 23.2. The molecule has 0 bridgehead atoms. The lowest BCUT2D eigenvalue weighted by Gasteiger charge is -2.36. The zero-order chi connectivity index (χ0) is 14.8. The largest absolute Gasteiger partial charge is 0.391 e. The van der Waals surface area contributed by atoms with Crippen molar-refractivity contribution in [3.8, 4) is 0 Å². The van der Waals surface area contributed by atoms with Gasteiger partial charge >= 0.3 is 0 Å². The number of sulfone groups is 1. The molecule has 20 heavy (non-hydrogen) atoms. The van der Waals surface area contributed by atoms with E-state index < -0.39 is 15.9 Å².